The summed E-state index contributed by atoms with van der Waals surface area (Å²) in [6.45, 7) is 2.63. The lowest BCUT2D eigenvalue weighted by molar-refractivity contribution is -0.119. The predicted molar refractivity (Wildman–Crippen MR) is 95.4 cm³/mol. The maximum atomic E-state index is 12.8. The Bertz CT molecular complexity index is 721. The monoisotopic (exact) mass is 362 g/mol. The molecule has 0 aromatic carbocycles. The van der Waals surface area contributed by atoms with Crippen LogP contribution in [0.2, 0.25) is 0 Å². The number of pyridine rings is 1. The number of nitrogens with zero attached hydrogens (tertiary/aromatic N) is 3. The van der Waals surface area contributed by atoms with Crippen LogP contribution in [0, 0.1) is 0 Å². The van der Waals surface area contributed by atoms with Crippen LogP contribution >= 0.6 is 23.1 Å². The molecule has 0 aliphatic carbocycles. The third kappa shape index (κ3) is 3.76. The van der Waals surface area contributed by atoms with Crippen LogP contribution in [0.5, 0.6) is 0 Å². The first kappa shape index (κ1) is 16.9. The lowest BCUT2D eigenvalue weighted by Gasteiger charge is -2.23. The van der Waals surface area contributed by atoms with E-state index in [0.717, 1.165) is 17.2 Å². The first-order valence-electron chi connectivity index (χ1n) is 7.79. The molecule has 1 aliphatic rings. The van der Waals surface area contributed by atoms with E-state index < -0.39 is 6.04 Å². The lowest BCUT2D eigenvalue weighted by Crippen LogP contribution is -2.43. The molecule has 24 heavy (non-hydrogen) atoms. The van der Waals surface area contributed by atoms with Crippen LogP contribution in [0.3, 0.4) is 0 Å². The number of likely N-dealkylation sites (tertiary alicyclic amines) is 1. The molecule has 0 spiro atoms. The summed E-state index contributed by atoms with van der Waals surface area (Å²) in [5.41, 5.74) is 0.579. The molecule has 2 aromatic heterocycles. The van der Waals surface area contributed by atoms with Gasteiger partial charge in [-0.1, -0.05) is 6.92 Å². The second-order valence-electron chi connectivity index (χ2n) is 5.30. The normalized spacial score (nSPS) is 17.0. The van der Waals surface area contributed by atoms with Gasteiger partial charge < -0.3 is 10.2 Å². The topological polar surface area (TPSA) is 75.2 Å². The fourth-order valence-corrected chi connectivity index (χ4v) is 3.86. The van der Waals surface area contributed by atoms with Gasteiger partial charge in [0.25, 0.3) is 5.91 Å². The van der Waals surface area contributed by atoms with Crippen LogP contribution in [0.1, 0.15) is 30.1 Å². The highest BCUT2D eigenvalue weighted by Gasteiger charge is 2.34. The number of carbonyl (C=O) groups is 2. The van der Waals surface area contributed by atoms with Crippen molar-refractivity contribution in [2.45, 2.75) is 30.8 Å². The maximum absolute atomic E-state index is 12.8. The Labute approximate surface area is 148 Å². The van der Waals surface area contributed by atoms with Crippen LogP contribution in [0.4, 0.5) is 5.13 Å². The number of carbonyl (C=O) groups excluding carboxylic acids is 2. The zero-order valence-corrected chi connectivity index (χ0v) is 14.9. The Hall–Kier alpha value is -1.93. The molecule has 6 nitrogen and oxygen atoms in total. The van der Waals surface area contributed by atoms with Crippen molar-refractivity contribution in [1.82, 2.24) is 14.9 Å². The van der Waals surface area contributed by atoms with Gasteiger partial charge in [0.1, 0.15) is 6.04 Å². The zero-order chi connectivity index (χ0) is 16.9. The van der Waals surface area contributed by atoms with Gasteiger partial charge in [0.15, 0.2) is 5.13 Å². The number of hydrogen-bond donors (Lipinski definition) is 1. The number of hydrogen-bond acceptors (Lipinski definition) is 6. The summed E-state index contributed by atoms with van der Waals surface area (Å²) in [6, 6.07) is 3.05. The minimum Gasteiger partial charge on any atom is -0.327 e. The Balaban J connectivity index is 1.73. The average molecular weight is 362 g/mol. The fourth-order valence-electron chi connectivity index (χ4n) is 2.69. The third-order valence-electron chi connectivity index (χ3n) is 3.75. The summed E-state index contributed by atoms with van der Waals surface area (Å²) >= 11 is 2.96. The van der Waals surface area contributed by atoms with Gasteiger partial charge in [-0.2, -0.15) is 0 Å². The van der Waals surface area contributed by atoms with Crippen molar-refractivity contribution in [2.75, 3.05) is 17.6 Å². The third-order valence-corrected chi connectivity index (χ3v) is 5.25. The second kappa shape index (κ2) is 7.76. The predicted octanol–water partition coefficient (Wildman–Crippen LogP) is 2.89. The quantitative estimate of drug-likeness (QED) is 0.828. The highest BCUT2D eigenvalue weighted by atomic mass is 32.2. The number of thioether (sulfide) groups is 1. The van der Waals surface area contributed by atoms with E-state index in [0.29, 0.717) is 23.7 Å². The molecule has 3 heterocycles. The number of thiazole rings is 1. The first-order chi connectivity index (χ1) is 11.7. The van der Waals surface area contributed by atoms with E-state index in [2.05, 4.69) is 15.3 Å². The molecule has 1 atom stereocenters. The van der Waals surface area contributed by atoms with Gasteiger partial charge in [0.05, 0.1) is 5.03 Å². The van der Waals surface area contributed by atoms with Gasteiger partial charge >= 0.3 is 0 Å². The number of anilines is 1. The summed E-state index contributed by atoms with van der Waals surface area (Å²) < 4.78 is 0. The molecule has 1 saturated heterocycles. The maximum Gasteiger partial charge on any atom is 0.254 e. The Morgan fingerprint density at radius 2 is 2.29 bits per heavy atom. The molecule has 1 N–H and O–H groups in total. The van der Waals surface area contributed by atoms with Crippen molar-refractivity contribution in [3.05, 3.63) is 35.5 Å². The van der Waals surface area contributed by atoms with E-state index in [1.54, 1.807) is 46.6 Å². The molecule has 0 radical (unpaired) electrons. The molecular weight excluding hydrogens is 344 g/mol. The smallest absolute Gasteiger partial charge is 0.254 e. The second-order valence-corrected chi connectivity index (χ2v) is 7.48. The minimum atomic E-state index is -0.447. The molecule has 0 saturated carbocycles. The molecule has 1 unspecified atom stereocenters. The number of nitrogens with one attached hydrogen (secondary N) is 1. The van der Waals surface area contributed by atoms with E-state index in [1.165, 1.54) is 11.3 Å². The minimum absolute atomic E-state index is 0.118. The average Bonchev–Trinajstić information content (AvgIpc) is 3.26. The SMILES string of the molecule is CCSc1cc(C(=O)N2CCCC2C(=O)Nc2nccs2)ccn1. The van der Waals surface area contributed by atoms with Crippen LogP contribution in [0.15, 0.2) is 34.9 Å². The Morgan fingerprint density at radius 3 is 3.04 bits per heavy atom. The van der Waals surface area contributed by atoms with E-state index in [4.69, 9.17) is 0 Å². The number of aromatic nitrogens is 2. The molecule has 3 rings (SSSR count). The highest BCUT2D eigenvalue weighted by Crippen LogP contribution is 2.23. The van der Waals surface area contributed by atoms with Gasteiger partial charge in [-0.25, -0.2) is 9.97 Å². The van der Waals surface area contributed by atoms with E-state index in [-0.39, 0.29) is 11.8 Å². The van der Waals surface area contributed by atoms with Crippen molar-refractivity contribution < 1.29 is 9.59 Å². The van der Waals surface area contributed by atoms with Gasteiger partial charge in [0, 0.05) is 29.9 Å². The summed E-state index contributed by atoms with van der Waals surface area (Å²) in [6.07, 6.45) is 4.78. The van der Waals surface area contributed by atoms with E-state index in [1.807, 2.05) is 6.92 Å². The van der Waals surface area contributed by atoms with Gasteiger partial charge in [-0.3, -0.25) is 9.59 Å². The lowest BCUT2D eigenvalue weighted by atomic mass is 10.2. The standard InChI is InChI=1S/C16H18N4O2S2/c1-2-23-13-10-11(5-6-17-13)15(22)20-8-3-4-12(20)14(21)19-16-18-7-9-24-16/h5-7,9-10,12H,2-4,8H2,1H3,(H,18,19,21). The van der Waals surface area contributed by atoms with Crippen LogP contribution in [-0.2, 0) is 4.79 Å². The van der Waals surface area contributed by atoms with E-state index in [9.17, 15) is 9.59 Å². The molecule has 2 amide bonds. The van der Waals surface area contributed by atoms with Gasteiger partial charge in [-0.15, -0.1) is 23.1 Å². The van der Waals surface area contributed by atoms with Gasteiger partial charge in [0.2, 0.25) is 5.91 Å². The van der Waals surface area contributed by atoms with Crippen LogP contribution in [-0.4, -0.2) is 45.0 Å². The fraction of sp³-hybridized carbons (Fsp3) is 0.375. The molecule has 2 aromatic rings. The van der Waals surface area contributed by atoms with Crippen molar-refractivity contribution >= 4 is 40.0 Å². The van der Waals surface area contributed by atoms with Crippen molar-refractivity contribution in [3.63, 3.8) is 0 Å². The van der Waals surface area contributed by atoms with Crippen LogP contribution < -0.4 is 5.32 Å². The summed E-state index contributed by atoms with van der Waals surface area (Å²) in [4.78, 5) is 35.2. The molecule has 1 aliphatic heterocycles. The number of rotatable bonds is 5. The Kier molecular flexibility index (Phi) is 5.47. The van der Waals surface area contributed by atoms with Crippen molar-refractivity contribution in [3.8, 4) is 0 Å². The highest BCUT2D eigenvalue weighted by molar-refractivity contribution is 7.99. The van der Waals surface area contributed by atoms with E-state index >= 15 is 0 Å². The summed E-state index contributed by atoms with van der Waals surface area (Å²) in [7, 11) is 0. The number of amides is 2. The molecule has 8 heteroatoms. The zero-order valence-electron chi connectivity index (χ0n) is 13.3. The van der Waals surface area contributed by atoms with Gasteiger partial charge in [-0.05, 0) is 30.7 Å². The van der Waals surface area contributed by atoms with Crippen molar-refractivity contribution in [2.24, 2.45) is 0 Å². The molecule has 0 bridgehead atoms. The summed E-state index contributed by atoms with van der Waals surface area (Å²) in [5.74, 6) is 0.605. The van der Waals surface area contributed by atoms with Crippen LogP contribution in [0.25, 0.3) is 0 Å². The first-order valence-corrected chi connectivity index (χ1v) is 9.65. The summed E-state index contributed by atoms with van der Waals surface area (Å²) in [5, 5.41) is 5.98. The largest absolute Gasteiger partial charge is 0.327 e. The molecular formula is C16H18N4O2S2. The molecule has 1 fully saturated rings. The van der Waals surface area contributed by atoms with Crippen molar-refractivity contribution in [1.29, 1.82) is 0 Å². The molecule has 126 valence electrons. The Morgan fingerprint density at radius 1 is 1.42 bits per heavy atom.